The number of carbonyl (C=O) groups is 1. The van der Waals surface area contributed by atoms with Crippen LogP contribution < -0.4 is 5.32 Å². The van der Waals surface area contributed by atoms with E-state index >= 15 is 0 Å². The first-order valence-corrected chi connectivity index (χ1v) is 8.12. The topological polar surface area (TPSA) is 58.1 Å². The van der Waals surface area contributed by atoms with Crippen LogP contribution in [0.25, 0.3) is 0 Å². The third kappa shape index (κ3) is 4.25. The van der Waals surface area contributed by atoms with Crippen molar-refractivity contribution in [1.82, 2.24) is 14.9 Å². The van der Waals surface area contributed by atoms with Gasteiger partial charge in [-0.1, -0.05) is 17.7 Å². The summed E-state index contributed by atoms with van der Waals surface area (Å²) < 4.78 is 0. The minimum Gasteiger partial charge on any atom is -0.301 e. The van der Waals surface area contributed by atoms with Crippen LogP contribution in [0.15, 0.2) is 18.3 Å². The van der Waals surface area contributed by atoms with Crippen LogP contribution in [0.4, 0.5) is 5.13 Å². The van der Waals surface area contributed by atoms with Crippen LogP contribution in [-0.2, 0) is 11.3 Å². The predicted molar refractivity (Wildman–Crippen MR) is 90.4 cm³/mol. The second kappa shape index (κ2) is 7.17. The number of hydrogen-bond acceptors (Lipinski definition) is 5. The highest BCUT2D eigenvalue weighted by Gasteiger charge is 2.19. The molecule has 2 aromatic rings. The maximum absolute atomic E-state index is 12.3. The molecule has 0 fully saturated rings. The molecule has 0 spiro atoms. The average molecular weight is 339 g/mol. The van der Waals surface area contributed by atoms with Crippen LogP contribution in [-0.4, -0.2) is 33.9 Å². The lowest BCUT2D eigenvalue weighted by Gasteiger charge is -2.23. The fourth-order valence-corrected chi connectivity index (χ4v) is 2.79. The van der Waals surface area contributed by atoms with Crippen molar-refractivity contribution < 1.29 is 4.79 Å². The van der Waals surface area contributed by atoms with E-state index in [0.29, 0.717) is 16.8 Å². The van der Waals surface area contributed by atoms with Gasteiger partial charge in [-0.25, -0.2) is 9.97 Å². The van der Waals surface area contributed by atoms with E-state index in [-0.39, 0.29) is 11.9 Å². The summed E-state index contributed by atoms with van der Waals surface area (Å²) in [7, 11) is 1.90. The molecule has 1 amide bonds. The summed E-state index contributed by atoms with van der Waals surface area (Å²) in [5.74, 6) is -0.0711. The smallest absolute Gasteiger partial charge is 0.243 e. The molecule has 22 heavy (non-hydrogen) atoms. The van der Waals surface area contributed by atoms with E-state index in [4.69, 9.17) is 11.6 Å². The Morgan fingerprint density at radius 1 is 1.45 bits per heavy atom. The monoisotopic (exact) mass is 338 g/mol. The van der Waals surface area contributed by atoms with E-state index in [9.17, 15) is 4.79 Å². The fraction of sp³-hybridized carbons (Fsp3) is 0.400. The summed E-state index contributed by atoms with van der Waals surface area (Å²) in [6.45, 7) is 6.41. The number of aromatic nitrogens is 2. The first-order chi connectivity index (χ1) is 10.4. The highest BCUT2D eigenvalue weighted by atomic mass is 35.5. The number of anilines is 1. The molecule has 118 valence electrons. The van der Waals surface area contributed by atoms with Crippen molar-refractivity contribution in [2.24, 2.45) is 0 Å². The maximum Gasteiger partial charge on any atom is 0.243 e. The molecule has 1 N–H and O–H groups in total. The number of likely N-dealkylation sites (N-methyl/N-ethyl adjacent to an activating group) is 1. The molecule has 1 atom stereocenters. The Hall–Kier alpha value is -1.50. The predicted octanol–water partition coefficient (Wildman–Crippen LogP) is 3.27. The molecule has 0 bridgehead atoms. The lowest BCUT2D eigenvalue weighted by Crippen LogP contribution is -2.39. The van der Waals surface area contributed by atoms with Gasteiger partial charge >= 0.3 is 0 Å². The first-order valence-electron chi connectivity index (χ1n) is 6.92. The molecule has 2 heterocycles. The zero-order valence-electron chi connectivity index (χ0n) is 13.1. The van der Waals surface area contributed by atoms with Gasteiger partial charge in [-0.2, -0.15) is 0 Å². The lowest BCUT2D eigenvalue weighted by atomic mass is 10.2. The van der Waals surface area contributed by atoms with E-state index in [1.165, 1.54) is 11.3 Å². The zero-order chi connectivity index (χ0) is 16.3. The van der Waals surface area contributed by atoms with Crippen molar-refractivity contribution in [1.29, 1.82) is 0 Å². The molecular weight excluding hydrogens is 320 g/mol. The summed E-state index contributed by atoms with van der Waals surface area (Å²) in [6, 6.07) is 3.38. The van der Waals surface area contributed by atoms with Crippen molar-refractivity contribution in [3.8, 4) is 0 Å². The largest absolute Gasteiger partial charge is 0.301 e. The van der Waals surface area contributed by atoms with Gasteiger partial charge in [0, 0.05) is 17.6 Å². The normalized spacial score (nSPS) is 12.5. The molecule has 0 aromatic carbocycles. The number of halogens is 1. The Balaban J connectivity index is 1.95. The third-order valence-electron chi connectivity index (χ3n) is 3.52. The van der Waals surface area contributed by atoms with E-state index in [2.05, 4.69) is 15.3 Å². The van der Waals surface area contributed by atoms with Crippen LogP contribution in [0.5, 0.6) is 0 Å². The number of nitrogens with one attached hydrogen (secondary N) is 1. The number of aryl methyl sites for hydroxylation is 2. The Labute approximate surface area is 139 Å². The molecule has 0 aliphatic heterocycles. The number of thiazole rings is 1. The first kappa shape index (κ1) is 16.9. The quantitative estimate of drug-likeness (QED) is 0.850. The molecule has 0 radical (unpaired) electrons. The van der Waals surface area contributed by atoms with Crippen LogP contribution in [0, 0.1) is 13.8 Å². The minimum absolute atomic E-state index is 0.0711. The standard InChI is InChI=1S/C15H19ClN4OS/c1-9-11(3)22-15(18-9)19-14(21)10(2)20(4)8-12-5-6-13(16)17-7-12/h5-7,10H,8H2,1-4H3,(H,18,19,21)/t10-/m0/s1. The summed E-state index contributed by atoms with van der Waals surface area (Å²) in [4.78, 5) is 23.7. The Morgan fingerprint density at radius 3 is 2.73 bits per heavy atom. The van der Waals surface area contributed by atoms with E-state index in [1.807, 2.05) is 38.8 Å². The van der Waals surface area contributed by atoms with Crippen LogP contribution in [0.1, 0.15) is 23.1 Å². The van der Waals surface area contributed by atoms with Crippen molar-refractivity contribution in [3.05, 3.63) is 39.6 Å². The van der Waals surface area contributed by atoms with Gasteiger partial charge in [0.05, 0.1) is 11.7 Å². The molecular formula is C15H19ClN4OS. The number of carbonyl (C=O) groups excluding carboxylic acids is 1. The van der Waals surface area contributed by atoms with Crippen LogP contribution in [0.3, 0.4) is 0 Å². The third-order valence-corrected chi connectivity index (χ3v) is 4.73. The van der Waals surface area contributed by atoms with Gasteiger partial charge in [-0.3, -0.25) is 9.69 Å². The molecule has 2 aromatic heterocycles. The average Bonchev–Trinajstić information content (AvgIpc) is 2.78. The molecule has 0 saturated carbocycles. The van der Waals surface area contributed by atoms with Gasteiger partial charge in [0.15, 0.2) is 5.13 Å². The molecule has 0 aliphatic rings. The van der Waals surface area contributed by atoms with Crippen molar-refractivity contribution in [3.63, 3.8) is 0 Å². The Bertz CT molecular complexity index is 637. The van der Waals surface area contributed by atoms with Crippen LogP contribution in [0.2, 0.25) is 5.15 Å². The summed E-state index contributed by atoms with van der Waals surface area (Å²) in [5, 5.41) is 3.98. The van der Waals surface area contributed by atoms with E-state index in [0.717, 1.165) is 16.1 Å². The maximum atomic E-state index is 12.3. The van der Waals surface area contributed by atoms with Gasteiger partial charge in [-0.15, -0.1) is 11.3 Å². The van der Waals surface area contributed by atoms with Gasteiger partial charge in [-0.05, 0) is 39.4 Å². The summed E-state index contributed by atoms with van der Waals surface area (Å²) in [6.07, 6.45) is 1.72. The van der Waals surface area contributed by atoms with Crippen LogP contribution >= 0.6 is 22.9 Å². The van der Waals surface area contributed by atoms with Gasteiger partial charge in [0.2, 0.25) is 5.91 Å². The van der Waals surface area contributed by atoms with E-state index in [1.54, 1.807) is 12.3 Å². The SMILES string of the molecule is Cc1nc(NC(=O)[C@H](C)N(C)Cc2ccc(Cl)nc2)sc1C. The number of nitrogens with zero attached hydrogens (tertiary/aromatic N) is 3. The summed E-state index contributed by atoms with van der Waals surface area (Å²) in [5.41, 5.74) is 1.96. The van der Waals surface area contributed by atoms with Crippen molar-refractivity contribution >= 4 is 34.0 Å². The molecule has 2 rings (SSSR count). The van der Waals surface area contributed by atoms with Crippen molar-refractivity contribution in [2.75, 3.05) is 12.4 Å². The lowest BCUT2D eigenvalue weighted by molar-refractivity contribution is -0.120. The molecule has 0 aliphatic carbocycles. The highest BCUT2D eigenvalue weighted by Crippen LogP contribution is 2.21. The van der Waals surface area contributed by atoms with Gasteiger partial charge in [0.1, 0.15) is 5.15 Å². The Morgan fingerprint density at radius 2 is 2.18 bits per heavy atom. The highest BCUT2D eigenvalue weighted by molar-refractivity contribution is 7.15. The van der Waals surface area contributed by atoms with Gasteiger partial charge < -0.3 is 5.32 Å². The fourth-order valence-electron chi connectivity index (χ4n) is 1.86. The second-order valence-electron chi connectivity index (χ2n) is 5.23. The number of hydrogen-bond donors (Lipinski definition) is 1. The zero-order valence-corrected chi connectivity index (χ0v) is 14.6. The summed E-state index contributed by atoms with van der Waals surface area (Å²) >= 11 is 7.26. The molecule has 5 nitrogen and oxygen atoms in total. The number of pyridine rings is 1. The van der Waals surface area contributed by atoms with Crippen molar-refractivity contribution in [2.45, 2.75) is 33.4 Å². The molecule has 0 saturated heterocycles. The minimum atomic E-state index is -0.278. The number of rotatable bonds is 5. The number of amides is 1. The molecule has 7 heteroatoms. The second-order valence-corrected chi connectivity index (χ2v) is 6.82. The van der Waals surface area contributed by atoms with Gasteiger partial charge in [0.25, 0.3) is 0 Å². The Kier molecular flexibility index (Phi) is 5.50. The molecule has 0 unspecified atom stereocenters. The van der Waals surface area contributed by atoms with E-state index < -0.39 is 0 Å².